The summed E-state index contributed by atoms with van der Waals surface area (Å²) in [5.41, 5.74) is 2.32. The summed E-state index contributed by atoms with van der Waals surface area (Å²) in [5, 5.41) is 12.1. The van der Waals surface area contributed by atoms with Gasteiger partial charge < -0.3 is 10.2 Å². The molecule has 1 fully saturated rings. The molecule has 1 aliphatic heterocycles. The van der Waals surface area contributed by atoms with Crippen LogP contribution < -0.4 is 10.2 Å². The van der Waals surface area contributed by atoms with E-state index < -0.39 is 5.82 Å². The Morgan fingerprint density at radius 3 is 2.63 bits per heavy atom. The number of nitriles is 1. The first-order valence-corrected chi connectivity index (χ1v) is 8.95. The van der Waals surface area contributed by atoms with Gasteiger partial charge in [-0.3, -0.25) is 4.79 Å². The molecule has 0 aromatic heterocycles. The minimum absolute atomic E-state index is 0.0461. The zero-order valence-corrected chi connectivity index (χ0v) is 15.1. The number of hydrogen-bond donors (Lipinski definition) is 1. The van der Waals surface area contributed by atoms with Crippen molar-refractivity contribution in [2.24, 2.45) is 5.92 Å². The first kappa shape index (κ1) is 18.8. The Balaban J connectivity index is 1.55. The van der Waals surface area contributed by atoms with E-state index in [-0.39, 0.29) is 17.6 Å². The summed E-state index contributed by atoms with van der Waals surface area (Å²) in [4.78, 5) is 14.4. The molecule has 0 bridgehead atoms. The molecule has 1 aliphatic rings. The van der Waals surface area contributed by atoms with Gasteiger partial charge in [0, 0.05) is 25.6 Å². The molecule has 0 spiro atoms. The number of hydrogen-bond acceptors (Lipinski definition) is 3. The average Bonchev–Trinajstić information content (AvgIpc) is 2.68. The third-order valence-electron chi connectivity index (χ3n) is 4.99. The number of nitrogens with one attached hydrogen (secondary N) is 1. The lowest BCUT2D eigenvalue weighted by Crippen LogP contribution is -2.40. The number of piperidine rings is 1. The van der Waals surface area contributed by atoms with E-state index in [1.165, 1.54) is 18.2 Å². The molecule has 1 amide bonds. The second kappa shape index (κ2) is 8.17. The minimum Gasteiger partial charge on any atom is -0.370 e. The number of nitrogens with zero attached hydrogens (tertiary/aromatic N) is 2. The van der Waals surface area contributed by atoms with Gasteiger partial charge in [-0.1, -0.05) is 12.1 Å². The van der Waals surface area contributed by atoms with Gasteiger partial charge in [-0.25, -0.2) is 8.78 Å². The van der Waals surface area contributed by atoms with Gasteiger partial charge in [0.15, 0.2) is 0 Å². The number of anilines is 1. The van der Waals surface area contributed by atoms with Gasteiger partial charge in [-0.2, -0.15) is 5.26 Å². The molecule has 0 saturated carbocycles. The molecule has 140 valence electrons. The zero-order valence-electron chi connectivity index (χ0n) is 15.1. The summed E-state index contributed by atoms with van der Waals surface area (Å²) in [5.74, 6) is -0.877. The van der Waals surface area contributed by atoms with Crippen LogP contribution in [0.15, 0.2) is 36.4 Å². The molecule has 2 aromatic rings. The van der Waals surface area contributed by atoms with Gasteiger partial charge in [-0.05, 0) is 55.2 Å². The van der Waals surface area contributed by atoms with E-state index in [1.54, 1.807) is 25.1 Å². The standard InChI is InChI=1S/C21H21F2N3O/c1-14-2-3-15(10-19(14)23)13-25-21(27)16-6-8-26(9-7-16)20-5-4-18(22)11-17(20)12-24/h2-5,10-11,16H,6-9,13H2,1H3,(H,25,27). The maximum absolute atomic E-state index is 13.6. The van der Waals surface area contributed by atoms with Crippen LogP contribution >= 0.6 is 0 Å². The maximum Gasteiger partial charge on any atom is 0.223 e. The zero-order chi connectivity index (χ0) is 19.4. The predicted molar refractivity (Wildman–Crippen MR) is 99.0 cm³/mol. The molecule has 6 heteroatoms. The molecule has 2 aromatic carbocycles. The molecule has 4 nitrogen and oxygen atoms in total. The minimum atomic E-state index is -0.433. The van der Waals surface area contributed by atoms with E-state index >= 15 is 0 Å². The van der Waals surface area contributed by atoms with Gasteiger partial charge in [0.2, 0.25) is 5.91 Å². The van der Waals surface area contributed by atoms with E-state index in [9.17, 15) is 18.8 Å². The van der Waals surface area contributed by atoms with E-state index in [0.29, 0.717) is 49.3 Å². The Hall–Kier alpha value is -2.94. The maximum atomic E-state index is 13.6. The third-order valence-corrected chi connectivity index (χ3v) is 4.99. The van der Waals surface area contributed by atoms with Crippen molar-refractivity contribution in [3.05, 3.63) is 64.7 Å². The van der Waals surface area contributed by atoms with E-state index in [0.717, 1.165) is 5.56 Å². The van der Waals surface area contributed by atoms with Gasteiger partial charge in [0.05, 0.1) is 11.3 Å². The van der Waals surface area contributed by atoms with Crippen molar-refractivity contribution >= 4 is 11.6 Å². The fourth-order valence-electron chi connectivity index (χ4n) is 3.34. The number of carbonyl (C=O) groups is 1. The van der Waals surface area contributed by atoms with Gasteiger partial charge in [0.1, 0.15) is 17.7 Å². The van der Waals surface area contributed by atoms with Crippen LogP contribution in [0.1, 0.15) is 29.5 Å². The highest BCUT2D eigenvalue weighted by atomic mass is 19.1. The van der Waals surface area contributed by atoms with Crippen molar-refractivity contribution in [1.29, 1.82) is 5.26 Å². The van der Waals surface area contributed by atoms with Crippen LogP contribution in [0.3, 0.4) is 0 Å². The number of rotatable bonds is 4. The number of carbonyl (C=O) groups excluding carboxylic acids is 1. The van der Waals surface area contributed by atoms with Crippen LogP contribution in [0.25, 0.3) is 0 Å². The lowest BCUT2D eigenvalue weighted by atomic mass is 9.95. The fourth-order valence-corrected chi connectivity index (χ4v) is 3.34. The number of aryl methyl sites for hydroxylation is 1. The SMILES string of the molecule is Cc1ccc(CNC(=O)C2CCN(c3ccc(F)cc3C#N)CC2)cc1F. The smallest absolute Gasteiger partial charge is 0.223 e. The van der Waals surface area contributed by atoms with E-state index in [4.69, 9.17) is 0 Å². The van der Waals surface area contributed by atoms with Crippen molar-refractivity contribution in [2.45, 2.75) is 26.3 Å². The number of benzene rings is 2. The molecular formula is C21H21F2N3O. The molecule has 1 heterocycles. The monoisotopic (exact) mass is 369 g/mol. The van der Waals surface area contributed by atoms with Crippen LogP contribution in [-0.4, -0.2) is 19.0 Å². The third kappa shape index (κ3) is 4.43. The summed E-state index contributed by atoms with van der Waals surface area (Å²) in [6, 6.07) is 11.2. The Bertz CT molecular complexity index is 883. The van der Waals surface area contributed by atoms with Crippen molar-refractivity contribution in [3.63, 3.8) is 0 Å². The molecule has 1 N–H and O–H groups in total. The number of amides is 1. The van der Waals surface area contributed by atoms with E-state index in [2.05, 4.69) is 5.32 Å². The van der Waals surface area contributed by atoms with Crippen LogP contribution in [-0.2, 0) is 11.3 Å². The van der Waals surface area contributed by atoms with Crippen LogP contribution in [0.2, 0.25) is 0 Å². The molecule has 0 atom stereocenters. The topological polar surface area (TPSA) is 56.1 Å². The summed E-state index contributed by atoms with van der Waals surface area (Å²) in [6.07, 6.45) is 1.30. The van der Waals surface area contributed by atoms with Crippen LogP contribution in [0.4, 0.5) is 14.5 Å². The molecule has 27 heavy (non-hydrogen) atoms. The van der Waals surface area contributed by atoms with Crippen molar-refractivity contribution in [2.75, 3.05) is 18.0 Å². The quantitative estimate of drug-likeness (QED) is 0.895. The lowest BCUT2D eigenvalue weighted by molar-refractivity contribution is -0.125. The summed E-state index contributed by atoms with van der Waals surface area (Å²) >= 11 is 0. The van der Waals surface area contributed by atoms with Crippen LogP contribution in [0, 0.1) is 35.8 Å². The summed E-state index contributed by atoms with van der Waals surface area (Å²) < 4.78 is 26.9. The Morgan fingerprint density at radius 1 is 1.22 bits per heavy atom. The summed E-state index contributed by atoms with van der Waals surface area (Å²) in [7, 11) is 0. The first-order chi connectivity index (χ1) is 13.0. The molecule has 0 unspecified atom stereocenters. The molecule has 0 radical (unpaired) electrons. The molecule has 1 saturated heterocycles. The largest absolute Gasteiger partial charge is 0.370 e. The molecule has 0 aliphatic carbocycles. The van der Waals surface area contributed by atoms with Gasteiger partial charge in [0.25, 0.3) is 0 Å². The second-order valence-electron chi connectivity index (χ2n) is 6.84. The van der Waals surface area contributed by atoms with Crippen molar-refractivity contribution in [3.8, 4) is 6.07 Å². The van der Waals surface area contributed by atoms with Crippen molar-refractivity contribution in [1.82, 2.24) is 5.32 Å². The fraction of sp³-hybridized carbons (Fsp3) is 0.333. The molecular weight excluding hydrogens is 348 g/mol. The van der Waals surface area contributed by atoms with Gasteiger partial charge in [-0.15, -0.1) is 0 Å². The second-order valence-corrected chi connectivity index (χ2v) is 6.84. The average molecular weight is 369 g/mol. The Labute approximate surface area is 157 Å². The van der Waals surface area contributed by atoms with Crippen molar-refractivity contribution < 1.29 is 13.6 Å². The highest BCUT2D eigenvalue weighted by molar-refractivity contribution is 5.79. The lowest BCUT2D eigenvalue weighted by Gasteiger charge is -2.33. The normalized spacial score (nSPS) is 14.7. The predicted octanol–water partition coefficient (Wildman–Crippen LogP) is 3.68. The highest BCUT2D eigenvalue weighted by Gasteiger charge is 2.26. The Morgan fingerprint density at radius 2 is 1.96 bits per heavy atom. The summed E-state index contributed by atoms with van der Waals surface area (Å²) in [6.45, 7) is 3.24. The Kier molecular flexibility index (Phi) is 5.70. The highest BCUT2D eigenvalue weighted by Crippen LogP contribution is 2.27. The van der Waals surface area contributed by atoms with E-state index in [1.807, 2.05) is 11.0 Å². The number of halogens is 2. The molecule has 3 rings (SSSR count). The van der Waals surface area contributed by atoms with Gasteiger partial charge >= 0.3 is 0 Å². The first-order valence-electron chi connectivity index (χ1n) is 8.95. The van der Waals surface area contributed by atoms with Crippen LogP contribution in [0.5, 0.6) is 0 Å².